The highest BCUT2D eigenvalue weighted by atomic mass is 16.5. The van der Waals surface area contributed by atoms with Gasteiger partial charge in [-0.05, 0) is 35.8 Å². The number of nitrogens with zero attached hydrogens (tertiary/aromatic N) is 2. The van der Waals surface area contributed by atoms with Crippen LogP contribution < -0.4 is 5.73 Å². The van der Waals surface area contributed by atoms with Crippen LogP contribution in [0, 0.1) is 5.41 Å². The predicted octanol–water partition coefficient (Wildman–Crippen LogP) is 3.24. The number of H-pyrrole nitrogens is 1. The summed E-state index contributed by atoms with van der Waals surface area (Å²) < 4.78 is 5.59. The summed E-state index contributed by atoms with van der Waals surface area (Å²) in [5, 5.41) is 8.70. The second-order valence-electron chi connectivity index (χ2n) is 6.74. The van der Waals surface area contributed by atoms with Crippen molar-refractivity contribution < 1.29 is 4.74 Å². The van der Waals surface area contributed by atoms with Crippen LogP contribution in [0.15, 0.2) is 72.0 Å². The van der Waals surface area contributed by atoms with Crippen molar-refractivity contribution in [1.82, 2.24) is 9.88 Å². The van der Waals surface area contributed by atoms with Gasteiger partial charge in [0.2, 0.25) is 6.35 Å². The topological polar surface area (TPSA) is 90.5 Å². The molecule has 1 unspecified atom stereocenters. The molecule has 4 N–H and O–H groups in total. The van der Waals surface area contributed by atoms with E-state index >= 15 is 0 Å². The molecule has 0 fully saturated rings. The molecule has 6 nitrogen and oxygen atoms in total. The Hall–Kier alpha value is -3.38. The predicted molar refractivity (Wildman–Crippen MR) is 113 cm³/mol. The monoisotopic (exact) mass is 373 g/mol. The minimum absolute atomic E-state index is 0.0737. The number of hydrogen-bond donors (Lipinski definition) is 3. The number of methoxy groups -OCH3 is 1. The molecule has 0 saturated heterocycles. The van der Waals surface area contributed by atoms with Crippen LogP contribution in [0.3, 0.4) is 0 Å². The summed E-state index contributed by atoms with van der Waals surface area (Å²) in [5.41, 5.74) is 10.6. The number of nitrogen functional groups attached to an aromatic ring is 1. The van der Waals surface area contributed by atoms with E-state index in [0.29, 0.717) is 0 Å². The summed E-state index contributed by atoms with van der Waals surface area (Å²) >= 11 is 0. The zero-order chi connectivity index (χ0) is 19.5. The number of aromatic amines is 1. The number of ether oxygens (including phenoxy) is 1. The van der Waals surface area contributed by atoms with E-state index in [-0.39, 0.29) is 12.2 Å². The first kappa shape index (κ1) is 18.0. The molecule has 0 bridgehead atoms. The molecule has 2 heterocycles. The van der Waals surface area contributed by atoms with Crippen LogP contribution in [0.4, 0.5) is 0 Å². The minimum atomic E-state index is -0.344. The number of rotatable bonds is 6. The van der Waals surface area contributed by atoms with Gasteiger partial charge in [0.05, 0.1) is 5.71 Å². The summed E-state index contributed by atoms with van der Waals surface area (Å²) in [6.07, 6.45) is 6.33. The van der Waals surface area contributed by atoms with Crippen molar-refractivity contribution in [2.75, 3.05) is 13.7 Å². The number of nitrogens with one attached hydrogen (secondary N) is 2. The van der Waals surface area contributed by atoms with Gasteiger partial charge in [-0.25, -0.2) is 4.99 Å². The van der Waals surface area contributed by atoms with Crippen LogP contribution in [0.1, 0.15) is 16.7 Å². The van der Waals surface area contributed by atoms with E-state index in [4.69, 9.17) is 20.9 Å². The van der Waals surface area contributed by atoms with Crippen LogP contribution in [0.5, 0.6) is 0 Å². The molecule has 3 aromatic rings. The number of hydrogen-bond acceptors (Lipinski definition) is 4. The molecule has 0 amide bonds. The molecule has 4 rings (SSSR count). The number of benzene rings is 2. The van der Waals surface area contributed by atoms with Crippen LogP contribution in [-0.2, 0) is 11.2 Å². The molecular weight excluding hydrogens is 350 g/mol. The first-order chi connectivity index (χ1) is 13.7. The van der Waals surface area contributed by atoms with Gasteiger partial charge in [0.25, 0.3) is 0 Å². The van der Waals surface area contributed by atoms with Crippen molar-refractivity contribution >= 4 is 22.5 Å². The lowest BCUT2D eigenvalue weighted by Crippen LogP contribution is -2.35. The van der Waals surface area contributed by atoms with Crippen molar-refractivity contribution in [2.45, 2.75) is 12.8 Å². The summed E-state index contributed by atoms with van der Waals surface area (Å²) in [4.78, 5) is 9.97. The third-order valence-electron chi connectivity index (χ3n) is 4.93. The molecule has 6 heteroatoms. The van der Waals surface area contributed by atoms with E-state index in [9.17, 15) is 0 Å². The smallest absolute Gasteiger partial charge is 0.227 e. The number of fused-ring (bicyclic) bond motifs is 1. The minimum Gasteiger partial charge on any atom is -0.384 e. The van der Waals surface area contributed by atoms with Gasteiger partial charge < -0.3 is 20.4 Å². The molecule has 1 aromatic heterocycles. The SMILES string of the molecule is COC1N=C(c2ccccc2)C=CN1CCc1ccc2[nH]cc(C(=N)N)c2c1. The average Bonchev–Trinajstić information content (AvgIpc) is 3.16. The highest BCUT2D eigenvalue weighted by molar-refractivity contribution is 6.09. The molecule has 0 spiro atoms. The van der Waals surface area contributed by atoms with Crippen LogP contribution in [0.25, 0.3) is 10.9 Å². The van der Waals surface area contributed by atoms with Crippen LogP contribution >= 0.6 is 0 Å². The molecule has 0 radical (unpaired) electrons. The van der Waals surface area contributed by atoms with Crippen molar-refractivity contribution in [3.05, 3.63) is 83.7 Å². The zero-order valence-corrected chi connectivity index (χ0v) is 15.7. The normalized spacial score (nSPS) is 16.4. The summed E-state index contributed by atoms with van der Waals surface area (Å²) in [6, 6.07) is 16.3. The molecule has 142 valence electrons. The third-order valence-corrected chi connectivity index (χ3v) is 4.93. The molecule has 28 heavy (non-hydrogen) atoms. The van der Waals surface area contributed by atoms with Gasteiger partial charge in [0, 0.05) is 42.5 Å². The Kier molecular flexibility index (Phi) is 4.95. The number of aliphatic imine (C=N–C) groups is 1. The highest BCUT2D eigenvalue weighted by Gasteiger charge is 2.18. The Morgan fingerprint density at radius 3 is 2.82 bits per heavy atom. The fraction of sp³-hybridized carbons (Fsp3) is 0.182. The molecule has 0 saturated carbocycles. The summed E-state index contributed by atoms with van der Waals surface area (Å²) in [5.74, 6) is 0.0737. The highest BCUT2D eigenvalue weighted by Crippen LogP contribution is 2.21. The Bertz CT molecular complexity index is 1050. The Balaban J connectivity index is 1.48. The Labute approximate surface area is 163 Å². The lowest BCUT2D eigenvalue weighted by atomic mass is 10.1. The first-order valence-corrected chi connectivity index (χ1v) is 9.20. The van der Waals surface area contributed by atoms with Crippen LogP contribution in [-0.4, -0.2) is 41.4 Å². The second kappa shape index (κ2) is 7.70. The van der Waals surface area contributed by atoms with E-state index in [1.54, 1.807) is 13.3 Å². The second-order valence-corrected chi connectivity index (χ2v) is 6.74. The number of amidine groups is 1. The molecule has 1 atom stereocenters. The maximum absolute atomic E-state index is 7.72. The van der Waals surface area contributed by atoms with E-state index in [1.165, 1.54) is 5.56 Å². The van der Waals surface area contributed by atoms with Gasteiger partial charge in [-0.2, -0.15) is 0 Å². The fourth-order valence-corrected chi connectivity index (χ4v) is 3.43. The van der Waals surface area contributed by atoms with Gasteiger partial charge in [-0.1, -0.05) is 36.4 Å². The van der Waals surface area contributed by atoms with E-state index < -0.39 is 0 Å². The number of nitrogens with two attached hydrogens (primary N) is 1. The van der Waals surface area contributed by atoms with E-state index in [2.05, 4.69) is 22.0 Å². The molecule has 1 aliphatic heterocycles. The average molecular weight is 373 g/mol. The third kappa shape index (κ3) is 3.54. The van der Waals surface area contributed by atoms with Gasteiger partial charge in [-0.3, -0.25) is 5.41 Å². The van der Waals surface area contributed by atoms with Gasteiger partial charge >= 0.3 is 0 Å². The van der Waals surface area contributed by atoms with Gasteiger partial charge in [0.1, 0.15) is 5.84 Å². The molecule has 0 aliphatic carbocycles. The van der Waals surface area contributed by atoms with E-state index in [1.807, 2.05) is 48.7 Å². The molecular formula is C22H23N5O. The standard InChI is InChI=1S/C22H23N5O/c1-28-22-26-19(16-5-3-2-4-6-16)10-12-27(22)11-9-15-7-8-20-17(13-15)18(14-25-20)21(23)24/h2-8,10,12-14,22,25H,9,11H2,1H3,(H3,23,24). The van der Waals surface area contributed by atoms with Crippen molar-refractivity contribution in [2.24, 2.45) is 10.7 Å². The Morgan fingerprint density at radius 2 is 2.07 bits per heavy atom. The number of allylic oxidation sites excluding steroid dienone is 1. The zero-order valence-electron chi connectivity index (χ0n) is 15.7. The first-order valence-electron chi connectivity index (χ1n) is 9.20. The van der Waals surface area contributed by atoms with Gasteiger partial charge in [-0.15, -0.1) is 0 Å². The van der Waals surface area contributed by atoms with E-state index in [0.717, 1.165) is 40.7 Å². The fourth-order valence-electron chi connectivity index (χ4n) is 3.43. The summed E-state index contributed by atoms with van der Waals surface area (Å²) in [7, 11) is 1.67. The van der Waals surface area contributed by atoms with Gasteiger partial charge in [0.15, 0.2) is 0 Å². The maximum Gasteiger partial charge on any atom is 0.227 e. The lowest BCUT2D eigenvalue weighted by Gasteiger charge is -2.29. The maximum atomic E-state index is 7.72. The summed E-state index contributed by atoms with van der Waals surface area (Å²) in [6.45, 7) is 0.770. The largest absolute Gasteiger partial charge is 0.384 e. The molecule has 1 aliphatic rings. The Morgan fingerprint density at radius 1 is 1.25 bits per heavy atom. The quantitative estimate of drug-likeness (QED) is 0.458. The molecule has 2 aromatic carbocycles. The van der Waals surface area contributed by atoms with Crippen molar-refractivity contribution in [3.8, 4) is 0 Å². The lowest BCUT2D eigenvalue weighted by molar-refractivity contribution is 0.00116. The van der Waals surface area contributed by atoms with Crippen molar-refractivity contribution in [3.63, 3.8) is 0 Å². The van der Waals surface area contributed by atoms with Crippen LogP contribution in [0.2, 0.25) is 0 Å². The van der Waals surface area contributed by atoms with Crippen molar-refractivity contribution in [1.29, 1.82) is 5.41 Å². The number of aromatic nitrogens is 1.